The fourth-order valence-electron chi connectivity index (χ4n) is 2.21. The molecule has 6 heteroatoms. The van der Waals surface area contributed by atoms with E-state index < -0.39 is 12.8 Å². The average molecular weight is 254 g/mol. The summed E-state index contributed by atoms with van der Waals surface area (Å²) in [7, 11) is 0. The summed E-state index contributed by atoms with van der Waals surface area (Å²) in [5.41, 5.74) is 5.51. The van der Waals surface area contributed by atoms with Gasteiger partial charge in [0.05, 0.1) is 6.61 Å². The lowest BCUT2D eigenvalue weighted by Gasteiger charge is -2.32. The minimum Gasteiger partial charge on any atom is -0.371 e. The summed E-state index contributed by atoms with van der Waals surface area (Å²) in [5.74, 6) is 0.594. The van der Waals surface area contributed by atoms with Crippen LogP contribution in [0.5, 0.6) is 0 Å². The predicted octanol–water partition coefficient (Wildman–Crippen LogP) is 1.63. The Morgan fingerprint density at radius 2 is 2.12 bits per heavy atom. The Balaban J connectivity index is 2.10. The number of likely N-dealkylation sites (tertiary alicyclic amines) is 1. The summed E-state index contributed by atoms with van der Waals surface area (Å²) in [6, 6.07) is 0. The Kier molecular flexibility index (Phi) is 6.22. The molecule has 102 valence electrons. The number of piperidine rings is 1. The SMILES string of the molecule is NCCC1CCCN(CCOCC(F)(F)F)C1. The van der Waals surface area contributed by atoms with Gasteiger partial charge in [0.25, 0.3) is 0 Å². The van der Waals surface area contributed by atoms with E-state index in [1.165, 1.54) is 6.42 Å². The first kappa shape index (κ1) is 14.7. The Hall–Kier alpha value is -0.330. The van der Waals surface area contributed by atoms with E-state index in [0.717, 1.165) is 25.9 Å². The smallest absolute Gasteiger partial charge is 0.371 e. The fourth-order valence-corrected chi connectivity index (χ4v) is 2.21. The first-order valence-corrected chi connectivity index (χ1v) is 6.08. The van der Waals surface area contributed by atoms with Crippen LogP contribution in [0, 0.1) is 5.92 Å². The van der Waals surface area contributed by atoms with Crippen LogP contribution in [-0.4, -0.2) is 50.5 Å². The molecule has 0 aliphatic carbocycles. The van der Waals surface area contributed by atoms with E-state index in [1.54, 1.807) is 0 Å². The summed E-state index contributed by atoms with van der Waals surface area (Å²) in [5, 5.41) is 0. The van der Waals surface area contributed by atoms with Crippen molar-refractivity contribution in [3.8, 4) is 0 Å². The topological polar surface area (TPSA) is 38.5 Å². The maximum Gasteiger partial charge on any atom is 0.411 e. The first-order valence-electron chi connectivity index (χ1n) is 6.08. The van der Waals surface area contributed by atoms with Gasteiger partial charge in [0.2, 0.25) is 0 Å². The van der Waals surface area contributed by atoms with Gasteiger partial charge in [-0.2, -0.15) is 13.2 Å². The molecule has 0 bridgehead atoms. The highest BCUT2D eigenvalue weighted by atomic mass is 19.4. The minimum absolute atomic E-state index is 0.148. The van der Waals surface area contributed by atoms with Crippen LogP contribution in [0.3, 0.4) is 0 Å². The molecule has 1 atom stereocenters. The van der Waals surface area contributed by atoms with Crippen molar-refractivity contribution < 1.29 is 17.9 Å². The molecule has 0 aromatic rings. The number of nitrogens with two attached hydrogens (primary N) is 1. The molecule has 1 fully saturated rings. The summed E-state index contributed by atoms with van der Waals surface area (Å²) in [6.07, 6.45) is -0.940. The lowest BCUT2D eigenvalue weighted by Crippen LogP contribution is -2.38. The van der Waals surface area contributed by atoms with Crippen molar-refractivity contribution in [2.75, 3.05) is 39.4 Å². The van der Waals surface area contributed by atoms with Gasteiger partial charge in [-0.25, -0.2) is 0 Å². The van der Waals surface area contributed by atoms with Crippen LogP contribution in [-0.2, 0) is 4.74 Å². The number of alkyl halides is 3. The number of halogens is 3. The quantitative estimate of drug-likeness (QED) is 0.732. The second kappa shape index (κ2) is 7.18. The van der Waals surface area contributed by atoms with E-state index >= 15 is 0 Å². The zero-order chi connectivity index (χ0) is 12.7. The summed E-state index contributed by atoms with van der Waals surface area (Å²) in [6.45, 7) is 2.16. The van der Waals surface area contributed by atoms with E-state index in [0.29, 0.717) is 19.0 Å². The number of ether oxygens (including phenoxy) is 1. The molecule has 0 amide bonds. The molecule has 0 spiro atoms. The van der Waals surface area contributed by atoms with Crippen LogP contribution in [0.15, 0.2) is 0 Å². The van der Waals surface area contributed by atoms with Gasteiger partial charge in [0, 0.05) is 13.1 Å². The highest BCUT2D eigenvalue weighted by Crippen LogP contribution is 2.19. The monoisotopic (exact) mass is 254 g/mol. The molecule has 17 heavy (non-hydrogen) atoms. The largest absolute Gasteiger partial charge is 0.411 e. The molecule has 0 radical (unpaired) electrons. The van der Waals surface area contributed by atoms with Crippen molar-refractivity contribution in [3.63, 3.8) is 0 Å². The summed E-state index contributed by atoms with van der Waals surface area (Å²) >= 11 is 0. The van der Waals surface area contributed by atoms with Crippen LogP contribution < -0.4 is 5.73 Å². The van der Waals surface area contributed by atoms with E-state index in [1.807, 2.05) is 0 Å². The van der Waals surface area contributed by atoms with E-state index in [4.69, 9.17) is 5.73 Å². The Morgan fingerprint density at radius 3 is 2.76 bits per heavy atom. The molecule has 1 heterocycles. The predicted molar refractivity (Wildman–Crippen MR) is 59.7 cm³/mol. The Labute approximate surface area is 100 Å². The number of rotatable bonds is 6. The van der Waals surface area contributed by atoms with Crippen LogP contribution in [0.1, 0.15) is 19.3 Å². The van der Waals surface area contributed by atoms with Gasteiger partial charge in [-0.05, 0) is 38.3 Å². The maximum absolute atomic E-state index is 11.8. The highest BCUT2D eigenvalue weighted by molar-refractivity contribution is 4.73. The standard InChI is InChI=1S/C11H21F3N2O/c12-11(13,14)9-17-7-6-16-5-1-2-10(8-16)3-4-15/h10H,1-9,15H2. The molecular weight excluding hydrogens is 233 g/mol. The van der Waals surface area contributed by atoms with Gasteiger partial charge >= 0.3 is 6.18 Å². The number of hydrogen-bond donors (Lipinski definition) is 1. The average Bonchev–Trinajstić information content (AvgIpc) is 2.24. The maximum atomic E-state index is 11.8. The zero-order valence-electron chi connectivity index (χ0n) is 10.0. The normalized spacial score (nSPS) is 22.9. The lowest BCUT2D eigenvalue weighted by molar-refractivity contribution is -0.174. The molecule has 1 aliphatic rings. The second-order valence-corrected chi connectivity index (χ2v) is 4.55. The second-order valence-electron chi connectivity index (χ2n) is 4.55. The van der Waals surface area contributed by atoms with Crippen molar-refractivity contribution in [2.24, 2.45) is 11.7 Å². The van der Waals surface area contributed by atoms with Crippen molar-refractivity contribution >= 4 is 0 Å². The van der Waals surface area contributed by atoms with Crippen LogP contribution >= 0.6 is 0 Å². The molecule has 1 aliphatic heterocycles. The molecule has 0 aromatic heterocycles. The number of hydrogen-bond acceptors (Lipinski definition) is 3. The van der Waals surface area contributed by atoms with Gasteiger partial charge in [-0.3, -0.25) is 0 Å². The van der Waals surface area contributed by atoms with Gasteiger partial charge in [0.15, 0.2) is 0 Å². The van der Waals surface area contributed by atoms with Gasteiger partial charge in [-0.15, -0.1) is 0 Å². The summed E-state index contributed by atoms with van der Waals surface area (Å²) in [4.78, 5) is 2.17. The molecule has 3 nitrogen and oxygen atoms in total. The van der Waals surface area contributed by atoms with Gasteiger partial charge in [0.1, 0.15) is 6.61 Å². The molecule has 0 aromatic carbocycles. The van der Waals surface area contributed by atoms with Crippen molar-refractivity contribution in [2.45, 2.75) is 25.4 Å². The molecule has 0 saturated carbocycles. The molecule has 1 saturated heterocycles. The first-order chi connectivity index (χ1) is 8.01. The van der Waals surface area contributed by atoms with E-state index in [2.05, 4.69) is 9.64 Å². The van der Waals surface area contributed by atoms with E-state index in [9.17, 15) is 13.2 Å². The third-order valence-corrected chi connectivity index (χ3v) is 3.00. The molecule has 2 N–H and O–H groups in total. The van der Waals surface area contributed by atoms with Crippen molar-refractivity contribution in [1.82, 2.24) is 4.90 Å². The molecular formula is C11H21F3N2O. The Morgan fingerprint density at radius 1 is 1.35 bits per heavy atom. The highest BCUT2D eigenvalue weighted by Gasteiger charge is 2.27. The number of nitrogens with zero attached hydrogens (tertiary/aromatic N) is 1. The Bertz CT molecular complexity index is 209. The third kappa shape index (κ3) is 6.85. The van der Waals surface area contributed by atoms with Crippen molar-refractivity contribution in [1.29, 1.82) is 0 Å². The fraction of sp³-hybridized carbons (Fsp3) is 1.00. The lowest BCUT2D eigenvalue weighted by atomic mass is 9.95. The third-order valence-electron chi connectivity index (χ3n) is 3.00. The van der Waals surface area contributed by atoms with Gasteiger partial charge < -0.3 is 15.4 Å². The zero-order valence-corrected chi connectivity index (χ0v) is 10.0. The summed E-state index contributed by atoms with van der Waals surface area (Å²) < 4.78 is 40.1. The van der Waals surface area contributed by atoms with Crippen LogP contribution in [0.25, 0.3) is 0 Å². The van der Waals surface area contributed by atoms with E-state index in [-0.39, 0.29) is 6.61 Å². The van der Waals surface area contributed by atoms with Crippen LogP contribution in [0.2, 0.25) is 0 Å². The van der Waals surface area contributed by atoms with Crippen molar-refractivity contribution in [3.05, 3.63) is 0 Å². The van der Waals surface area contributed by atoms with Crippen LogP contribution in [0.4, 0.5) is 13.2 Å². The molecule has 1 unspecified atom stereocenters. The van der Waals surface area contributed by atoms with Gasteiger partial charge in [-0.1, -0.05) is 0 Å². The molecule has 1 rings (SSSR count). The minimum atomic E-state index is -4.22.